The van der Waals surface area contributed by atoms with Gasteiger partial charge in [-0.2, -0.15) is 4.37 Å². The number of hydrogen-bond acceptors (Lipinski definition) is 7. The Morgan fingerprint density at radius 1 is 0.705 bits per heavy atom. The molecule has 1 aliphatic heterocycles. The first kappa shape index (κ1) is 38.5. The van der Waals surface area contributed by atoms with Gasteiger partial charge in [0.15, 0.2) is 0 Å². The minimum atomic E-state index is -0.557. The lowest BCUT2D eigenvalue weighted by Crippen LogP contribution is -2.49. The molecule has 0 N–H and O–H groups in total. The summed E-state index contributed by atoms with van der Waals surface area (Å²) in [5, 5.41) is 0. The number of carbonyl (C=O) groups is 1. The van der Waals surface area contributed by atoms with Gasteiger partial charge in [-0.1, -0.05) is 148 Å². The fourth-order valence-electron chi connectivity index (χ4n) is 5.97. The molecular formula is C36H66N3O4S+. The second-order valence-corrected chi connectivity index (χ2v) is 13.8. The molecular weight excluding hydrogens is 570 g/mol. The number of unbranched alkanes of at least 4 members (excludes halogenated alkanes) is 20. The maximum Gasteiger partial charge on any atom is 0.512 e. The Balaban J connectivity index is 1.43. The fraction of sp³-hybridized carbons (Fsp3) is 0.861. The Morgan fingerprint density at radius 2 is 1.20 bits per heavy atom. The zero-order chi connectivity index (χ0) is 31.6. The van der Waals surface area contributed by atoms with Crippen LogP contribution in [0.2, 0.25) is 0 Å². The maximum absolute atomic E-state index is 12.3. The van der Waals surface area contributed by atoms with Gasteiger partial charge in [-0.3, -0.25) is 4.48 Å². The molecule has 0 aliphatic carbocycles. The van der Waals surface area contributed by atoms with Gasteiger partial charge in [0.1, 0.15) is 12.2 Å². The van der Waals surface area contributed by atoms with E-state index >= 15 is 0 Å². The van der Waals surface area contributed by atoms with Gasteiger partial charge in [-0.25, -0.2) is 4.79 Å². The lowest BCUT2D eigenvalue weighted by Gasteiger charge is -2.36. The van der Waals surface area contributed by atoms with Crippen molar-refractivity contribution in [1.29, 1.82) is 0 Å². The highest BCUT2D eigenvalue weighted by molar-refractivity contribution is 6.99. The minimum Gasteiger partial charge on any atom is -0.475 e. The monoisotopic (exact) mass is 636 g/mol. The fourth-order valence-corrected chi connectivity index (χ4v) is 6.50. The highest BCUT2D eigenvalue weighted by Crippen LogP contribution is 2.30. The highest BCUT2D eigenvalue weighted by Gasteiger charge is 2.31. The van der Waals surface area contributed by atoms with Crippen molar-refractivity contribution in [2.45, 2.75) is 162 Å². The average Bonchev–Trinajstić information content (AvgIpc) is 3.50. The van der Waals surface area contributed by atoms with Crippen LogP contribution in [-0.4, -0.2) is 59.5 Å². The summed E-state index contributed by atoms with van der Waals surface area (Å²) in [4.78, 5) is 12.3. The molecule has 1 atom stereocenters. The molecule has 7 nitrogen and oxygen atoms in total. The molecule has 2 rings (SSSR count). The first-order valence-electron chi connectivity index (χ1n) is 18.4. The van der Waals surface area contributed by atoms with E-state index in [0.717, 1.165) is 50.0 Å². The largest absolute Gasteiger partial charge is 0.512 e. The molecule has 0 saturated carbocycles. The van der Waals surface area contributed by atoms with Crippen LogP contribution in [0.5, 0.6) is 5.88 Å². The number of hydrogen-bond donors (Lipinski definition) is 0. The van der Waals surface area contributed by atoms with Crippen LogP contribution < -0.4 is 4.74 Å². The van der Waals surface area contributed by atoms with E-state index < -0.39 is 6.16 Å². The number of aromatic nitrogens is 2. The van der Waals surface area contributed by atoms with E-state index in [4.69, 9.17) is 14.2 Å². The number of ether oxygens (including phenoxy) is 3. The summed E-state index contributed by atoms with van der Waals surface area (Å²) in [5.74, 6) is 0.635. The topological polar surface area (TPSA) is 70.5 Å². The van der Waals surface area contributed by atoms with Crippen LogP contribution in [-0.2, 0) is 9.47 Å². The van der Waals surface area contributed by atoms with E-state index in [1.807, 2.05) is 0 Å². The maximum atomic E-state index is 12.3. The Kier molecular flexibility index (Phi) is 22.3. The summed E-state index contributed by atoms with van der Waals surface area (Å²) < 4.78 is 26.4. The number of rotatable bonds is 28. The van der Waals surface area contributed by atoms with Crippen molar-refractivity contribution in [3.63, 3.8) is 0 Å². The summed E-state index contributed by atoms with van der Waals surface area (Å²) >= 11 is 1.19. The van der Waals surface area contributed by atoms with Gasteiger partial charge >= 0.3 is 6.16 Å². The number of carbonyl (C=O) groups excluding carboxylic acids is 1. The predicted octanol–water partition coefficient (Wildman–Crippen LogP) is 10.9. The lowest BCUT2D eigenvalue weighted by atomic mass is 10.0. The van der Waals surface area contributed by atoms with E-state index in [9.17, 15) is 4.79 Å². The second kappa shape index (κ2) is 25.5. The Labute approximate surface area is 274 Å². The minimum absolute atomic E-state index is 0.292. The third-order valence-corrected chi connectivity index (χ3v) is 9.33. The summed E-state index contributed by atoms with van der Waals surface area (Å²) in [7, 11) is 2.11. The molecule has 44 heavy (non-hydrogen) atoms. The number of nitrogens with zero attached hydrogens (tertiary/aromatic N) is 3. The van der Waals surface area contributed by atoms with Crippen LogP contribution >= 0.6 is 11.7 Å². The molecule has 0 bridgehead atoms. The molecule has 0 amide bonds. The highest BCUT2D eigenvalue weighted by atomic mass is 32.1. The SMILES string of the molecule is CCCCCCCCCCCCCCCCCCCCOC(=O)OC[N+]1(C)CCC=C(c2nsnc2OCCCCCC)C1. The smallest absolute Gasteiger partial charge is 0.475 e. The van der Waals surface area contributed by atoms with Crippen LogP contribution in [0, 0.1) is 0 Å². The molecule has 0 radical (unpaired) electrons. The van der Waals surface area contributed by atoms with Crippen LogP contribution in [0.25, 0.3) is 5.57 Å². The third kappa shape index (κ3) is 18.3. The van der Waals surface area contributed by atoms with Crippen molar-refractivity contribution < 1.29 is 23.5 Å². The number of likely N-dealkylation sites (N-methyl/N-ethyl adjacent to an activating group) is 1. The van der Waals surface area contributed by atoms with Crippen LogP contribution in [0.3, 0.4) is 0 Å². The summed E-state index contributed by atoms with van der Waals surface area (Å²) in [6, 6.07) is 0. The molecule has 0 saturated heterocycles. The number of quaternary nitrogens is 1. The first-order chi connectivity index (χ1) is 21.6. The van der Waals surface area contributed by atoms with Crippen molar-refractivity contribution >= 4 is 23.5 Å². The normalized spacial score (nSPS) is 16.6. The van der Waals surface area contributed by atoms with Crippen LogP contribution in [0.4, 0.5) is 4.79 Å². The summed E-state index contributed by atoms with van der Waals surface area (Å²) in [6.07, 6.45) is 31.4. The molecule has 1 unspecified atom stereocenters. The van der Waals surface area contributed by atoms with Crippen molar-refractivity contribution in [2.75, 3.05) is 40.1 Å². The molecule has 1 aromatic rings. The molecule has 0 fully saturated rings. The van der Waals surface area contributed by atoms with Gasteiger partial charge in [0.2, 0.25) is 6.73 Å². The molecule has 1 aliphatic rings. The Morgan fingerprint density at radius 3 is 1.77 bits per heavy atom. The van der Waals surface area contributed by atoms with Crippen molar-refractivity contribution in [3.05, 3.63) is 11.8 Å². The average molecular weight is 637 g/mol. The van der Waals surface area contributed by atoms with Crippen molar-refractivity contribution in [2.24, 2.45) is 0 Å². The summed E-state index contributed by atoms with van der Waals surface area (Å²) in [6.45, 7) is 7.53. The van der Waals surface area contributed by atoms with Gasteiger partial charge in [0, 0.05) is 12.0 Å². The van der Waals surface area contributed by atoms with Gasteiger partial charge in [-0.05, 0) is 12.8 Å². The molecule has 0 spiro atoms. The molecule has 0 aromatic carbocycles. The Hall–Kier alpha value is -1.67. The molecule has 254 valence electrons. The third-order valence-electron chi connectivity index (χ3n) is 8.82. The van der Waals surface area contributed by atoms with Crippen LogP contribution in [0.1, 0.15) is 167 Å². The zero-order valence-electron chi connectivity index (χ0n) is 28.8. The van der Waals surface area contributed by atoms with E-state index in [1.165, 1.54) is 134 Å². The molecule has 1 aromatic heterocycles. The molecule has 8 heteroatoms. The predicted molar refractivity (Wildman–Crippen MR) is 184 cm³/mol. The molecule has 2 heterocycles. The lowest BCUT2D eigenvalue weighted by molar-refractivity contribution is -0.919. The zero-order valence-corrected chi connectivity index (χ0v) is 29.6. The standard InChI is InChI=1S/C36H66N3O4S/c1-4-6-8-10-11-12-13-14-15-16-17-18-19-20-21-22-23-25-30-42-36(40)43-32-39(3)28-26-27-33(31-39)34-35(38-44-37-34)41-29-24-9-7-5-2/h27H,4-26,28-32H2,1-3H3/q+1. The van der Waals surface area contributed by atoms with Crippen molar-refractivity contribution in [1.82, 2.24) is 8.75 Å². The summed E-state index contributed by atoms with van der Waals surface area (Å²) in [5.41, 5.74) is 1.96. The quantitative estimate of drug-likeness (QED) is 0.0518. The van der Waals surface area contributed by atoms with Crippen LogP contribution in [0.15, 0.2) is 6.08 Å². The second-order valence-electron chi connectivity index (χ2n) is 13.2. The Bertz CT molecular complexity index is 877. The van der Waals surface area contributed by atoms with Gasteiger partial charge in [0.05, 0.1) is 38.5 Å². The van der Waals surface area contributed by atoms with E-state index in [2.05, 4.69) is 35.7 Å². The van der Waals surface area contributed by atoms with E-state index in [0.29, 0.717) is 30.3 Å². The van der Waals surface area contributed by atoms with Gasteiger partial charge < -0.3 is 14.2 Å². The van der Waals surface area contributed by atoms with Gasteiger partial charge in [0.25, 0.3) is 5.88 Å². The first-order valence-corrected chi connectivity index (χ1v) is 19.1. The van der Waals surface area contributed by atoms with E-state index in [1.54, 1.807) is 0 Å². The van der Waals surface area contributed by atoms with E-state index in [-0.39, 0.29) is 0 Å². The van der Waals surface area contributed by atoms with Gasteiger partial charge in [-0.15, -0.1) is 4.37 Å². The van der Waals surface area contributed by atoms with Crippen molar-refractivity contribution in [3.8, 4) is 5.88 Å².